The van der Waals surface area contributed by atoms with Gasteiger partial charge in [0.05, 0.1) is 35.6 Å². The molecule has 2 saturated heterocycles. The number of benzene rings is 2. The van der Waals surface area contributed by atoms with Gasteiger partial charge in [-0.25, -0.2) is 4.90 Å². The number of amides is 2. The molecule has 0 radical (unpaired) electrons. The van der Waals surface area contributed by atoms with E-state index in [0.717, 1.165) is 4.90 Å². The van der Waals surface area contributed by atoms with Crippen molar-refractivity contribution < 1.29 is 24.0 Å². The number of allylic oxidation sites excluding steroid dienone is 1. The van der Waals surface area contributed by atoms with Crippen LogP contribution in [0.1, 0.15) is 10.4 Å². The zero-order chi connectivity index (χ0) is 23.3. The highest BCUT2D eigenvalue weighted by molar-refractivity contribution is 6.24. The van der Waals surface area contributed by atoms with Crippen LogP contribution in [0.3, 0.4) is 0 Å². The van der Waals surface area contributed by atoms with Crippen molar-refractivity contribution >= 4 is 35.2 Å². The van der Waals surface area contributed by atoms with E-state index in [1.54, 1.807) is 36.4 Å². The summed E-state index contributed by atoms with van der Waals surface area (Å²) >= 11 is 0. The van der Waals surface area contributed by atoms with Crippen molar-refractivity contribution in [1.82, 2.24) is 5.01 Å². The lowest BCUT2D eigenvalue weighted by atomic mass is 9.86. The fraction of sp³-hybridized carbons (Fsp3) is 0.217. The maximum absolute atomic E-state index is 13.5. The van der Waals surface area contributed by atoms with E-state index in [9.17, 15) is 24.5 Å². The fourth-order valence-electron chi connectivity index (χ4n) is 4.74. The number of hydrogen-bond acceptors (Lipinski definition) is 8. The Balaban J connectivity index is 1.53. The van der Waals surface area contributed by atoms with Crippen molar-refractivity contribution in [3.63, 3.8) is 0 Å². The number of carbonyl (C=O) groups is 3. The summed E-state index contributed by atoms with van der Waals surface area (Å²) in [6, 6.07) is 10.2. The van der Waals surface area contributed by atoms with Crippen LogP contribution in [-0.2, 0) is 9.59 Å². The van der Waals surface area contributed by atoms with Crippen molar-refractivity contribution in [1.29, 1.82) is 0 Å². The minimum Gasteiger partial charge on any atom is -0.497 e. The van der Waals surface area contributed by atoms with Gasteiger partial charge in [-0.05, 0) is 42.5 Å². The smallest absolute Gasteiger partial charge is 0.269 e. The predicted octanol–water partition coefficient (Wildman–Crippen LogP) is 2.20. The summed E-state index contributed by atoms with van der Waals surface area (Å²) in [5, 5.41) is 16.8. The van der Waals surface area contributed by atoms with Crippen molar-refractivity contribution in [3.8, 4) is 5.75 Å². The Hall–Kier alpha value is -4.34. The van der Waals surface area contributed by atoms with Gasteiger partial charge < -0.3 is 4.74 Å². The SMILES string of the molecule is COc1ccc(C(=O)[C@@H]2[C@@H]3C(=O)N(c4ccc([N+](=O)[O-])cc4)C(=O)[C@H]3[C@H]3C=CC=NN32)cc1. The first-order valence-corrected chi connectivity index (χ1v) is 10.2. The molecule has 2 fully saturated rings. The van der Waals surface area contributed by atoms with Crippen LogP contribution >= 0.6 is 0 Å². The van der Waals surface area contributed by atoms with Gasteiger partial charge in [-0.1, -0.05) is 6.08 Å². The molecular formula is C23H18N4O6. The van der Waals surface area contributed by atoms with Crippen LogP contribution in [0.4, 0.5) is 11.4 Å². The van der Waals surface area contributed by atoms with Crippen LogP contribution < -0.4 is 9.64 Å². The Kier molecular flexibility index (Phi) is 4.77. The molecule has 33 heavy (non-hydrogen) atoms. The number of nitro groups is 1. The molecule has 0 spiro atoms. The Morgan fingerprint density at radius 1 is 1.03 bits per heavy atom. The molecule has 10 nitrogen and oxygen atoms in total. The Morgan fingerprint density at radius 2 is 1.70 bits per heavy atom. The first-order chi connectivity index (χ1) is 15.9. The fourth-order valence-corrected chi connectivity index (χ4v) is 4.74. The van der Waals surface area contributed by atoms with E-state index in [2.05, 4.69) is 5.10 Å². The maximum atomic E-state index is 13.5. The second-order valence-electron chi connectivity index (χ2n) is 7.89. The number of hydrogen-bond donors (Lipinski definition) is 0. The minimum absolute atomic E-state index is 0.152. The van der Waals surface area contributed by atoms with Crippen molar-refractivity contribution in [3.05, 3.63) is 76.4 Å². The van der Waals surface area contributed by atoms with E-state index in [1.807, 2.05) is 0 Å². The summed E-state index contributed by atoms with van der Waals surface area (Å²) in [5.74, 6) is -2.46. The van der Waals surface area contributed by atoms with E-state index in [4.69, 9.17) is 4.74 Å². The normalized spacial score (nSPS) is 25.2. The Bertz CT molecular complexity index is 1220. The number of nitro benzene ring substituents is 1. The zero-order valence-corrected chi connectivity index (χ0v) is 17.4. The van der Waals surface area contributed by atoms with Gasteiger partial charge in [-0.2, -0.15) is 5.10 Å². The van der Waals surface area contributed by atoms with E-state index in [0.29, 0.717) is 11.3 Å². The molecule has 3 heterocycles. The van der Waals surface area contributed by atoms with Crippen molar-refractivity contribution in [2.24, 2.45) is 16.9 Å². The molecular weight excluding hydrogens is 428 g/mol. The molecule has 10 heteroatoms. The molecule has 3 aliphatic heterocycles. The first-order valence-electron chi connectivity index (χ1n) is 10.2. The predicted molar refractivity (Wildman–Crippen MR) is 117 cm³/mol. The number of Topliss-reactive ketones (excluding diaryl/α,β-unsaturated/α-hetero) is 1. The molecule has 4 atom stereocenters. The number of nitrogens with zero attached hydrogens (tertiary/aromatic N) is 4. The molecule has 2 aromatic rings. The highest BCUT2D eigenvalue weighted by Crippen LogP contribution is 2.46. The summed E-state index contributed by atoms with van der Waals surface area (Å²) < 4.78 is 5.15. The third kappa shape index (κ3) is 3.10. The molecule has 0 unspecified atom stereocenters. The average Bonchev–Trinajstić information content (AvgIpc) is 3.31. The summed E-state index contributed by atoms with van der Waals surface area (Å²) in [5.41, 5.74) is 0.454. The van der Waals surface area contributed by atoms with Crippen LogP contribution in [-0.4, -0.2) is 52.9 Å². The number of hydrazone groups is 1. The monoisotopic (exact) mass is 446 g/mol. The number of non-ortho nitro benzene ring substituents is 1. The summed E-state index contributed by atoms with van der Waals surface area (Å²) in [6.07, 6.45) is 4.97. The van der Waals surface area contributed by atoms with E-state index in [1.165, 1.54) is 42.6 Å². The molecule has 0 bridgehead atoms. The summed E-state index contributed by atoms with van der Waals surface area (Å²) in [7, 11) is 1.52. The highest BCUT2D eigenvalue weighted by atomic mass is 16.6. The molecule has 3 aliphatic rings. The summed E-state index contributed by atoms with van der Waals surface area (Å²) in [4.78, 5) is 51.8. The van der Waals surface area contributed by atoms with E-state index < -0.39 is 40.7 Å². The third-order valence-electron chi connectivity index (χ3n) is 6.25. The van der Waals surface area contributed by atoms with Gasteiger partial charge in [0.1, 0.15) is 11.8 Å². The standard InChI is InChI=1S/C23H18N4O6/c1-33-16-10-4-13(5-11-16)21(28)20-19-18(17-3-2-12-24-26(17)20)22(29)25(23(19)30)14-6-8-15(9-7-14)27(31)32/h2-12,17-20H,1H3/t17-,18+,19-,20+/m1/s1. The largest absolute Gasteiger partial charge is 0.497 e. The molecule has 166 valence electrons. The number of rotatable bonds is 5. The molecule has 5 rings (SSSR count). The lowest BCUT2D eigenvalue weighted by molar-refractivity contribution is -0.384. The third-order valence-corrected chi connectivity index (χ3v) is 6.25. The second-order valence-corrected chi connectivity index (χ2v) is 7.89. The minimum atomic E-state index is -0.964. The van der Waals surface area contributed by atoms with Crippen LogP contribution in [0.25, 0.3) is 0 Å². The topological polar surface area (TPSA) is 122 Å². The lowest BCUT2D eigenvalue weighted by Crippen LogP contribution is -2.46. The number of anilines is 1. The molecule has 2 amide bonds. The van der Waals surface area contributed by atoms with Gasteiger partial charge in [0.2, 0.25) is 11.8 Å². The van der Waals surface area contributed by atoms with Gasteiger partial charge in [0.25, 0.3) is 5.69 Å². The molecule has 0 aromatic heterocycles. The molecule has 0 aliphatic carbocycles. The van der Waals surface area contributed by atoms with Gasteiger partial charge >= 0.3 is 0 Å². The molecule has 0 saturated carbocycles. The molecule has 0 N–H and O–H groups in total. The van der Waals surface area contributed by atoms with Gasteiger partial charge in [-0.15, -0.1) is 0 Å². The van der Waals surface area contributed by atoms with E-state index >= 15 is 0 Å². The zero-order valence-electron chi connectivity index (χ0n) is 17.4. The van der Waals surface area contributed by atoms with Crippen LogP contribution in [0.5, 0.6) is 5.75 Å². The second kappa shape index (κ2) is 7.66. The van der Waals surface area contributed by atoms with Crippen LogP contribution in [0.2, 0.25) is 0 Å². The van der Waals surface area contributed by atoms with Gasteiger partial charge in [0, 0.05) is 23.9 Å². The number of imide groups is 1. The lowest BCUT2D eigenvalue weighted by Gasteiger charge is -2.30. The Morgan fingerprint density at radius 3 is 2.33 bits per heavy atom. The van der Waals surface area contributed by atoms with Gasteiger partial charge in [0.15, 0.2) is 5.78 Å². The van der Waals surface area contributed by atoms with Crippen LogP contribution in [0, 0.1) is 22.0 Å². The maximum Gasteiger partial charge on any atom is 0.269 e. The quantitative estimate of drug-likeness (QED) is 0.299. The summed E-state index contributed by atoms with van der Waals surface area (Å²) in [6.45, 7) is 0. The van der Waals surface area contributed by atoms with Crippen molar-refractivity contribution in [2.75, 3.05) is 12.0 Å². The number of ether oxygens (including phenoxy) is 1. The number of ketones is 1. The Labute approximate surface area is 187 Å². The number of carbonyl (C=O) groups excluding carboxylic acids is 3. The number of methoxy groups -OCH3 is 1. The first kappa shape index (κ1) is 20.6. The highest BCUT2D eigenvalue weighted by Gasteiger charge is 2.64. The van der Waals surface area contributed by atoms with Crippen LogP contribution in [0.15, 0.2) is 65.8 Å². The average molecular weight is 446 g/mol. The van der Waals surface area contributed by atoms with Gasteiger partial charge in [-0.3, -0.25) is 29.5 Å². The van der Waals surface area contributed by atoms with Crippen molar-refractivity contribution in [2.45, 2.75) is 12.1 Å². The molecule has 2 aromatic carbocycles. The van der Waals surface area contributed by atoms with E-state index in [-0.39, 0.29) is 17.2 Å². The number of fused-ring (bicyclic) bond motifs is 3.